The van der Waals surface area contributed by atoms with Crippen LogP contribution in [-0.2, 0) is 27.9 Å². The minimum atomic E-state index is -4.01. The number of methoxy groups -OCH3 is 2. The van der Waals surface area contributed by atoms with Crippen molar-refractivity contribution in [3.8, 4) is 11.5 Å². The van der Waals surface area contributed by atoms with Crippen molar-refractivity contribution in [2.45, 2.75) is 18.0 Å². The van der Waals surface area contributed by atoms with Crippen molar-refractivity contribution in [2.24, 2.45) is 0 Å². The molecule has 0 fully saturated rings. The van der Waals surface area contributed by atoms with E-state index in [2.05, 4.69) is 10.3 Å². The number of nitrogens with one attached hydrogen (secondary N) is 1. The number of hydrogen-bond donors (Lipinski definition) is 1. The molecule has 0 radical (unpaired) electrons. The van der Waals surface area contributed by atoms with Gasteiger partial charge >= 0.3 is 0 Å². The molecular weight excluding hydrogens is 430 g/mol. The van der Waals surface area contributed by atoms with Crippen molar-refractivity contribution in [3.05, 3.63) is 84.2 Å². The first-order valence-electron chi connectivity index (χ1n) is 9.85. The van der Waals surface area contributed by atoms with Gasteiger partial charge in [0.05, 0.1) is 25.7 Å². The molecule has 2 aromatic carbocycles. The van der Waals surface area contributed by atoms with E-state index < -0.39 is 15.9 Å². The maximum absolute atomic E-state index is 13.5. The average Bonchev–Trinajstić information content (AvgIpc) is 2.83. The third-order valence-corrected chi connectivity index (χ3v) is 6.54. The van der Waals surface area contributed by atoms with Crippen LogP contribution in [0.2, 0.25) is 0 Å². The number of aromatic nitrogens is 1. The Labute approximate surface area is 187 Å². The fourth-order valence-electron chi connectivity index (χ4n) is 3.06. The van der Waals surface area contributed by atoms with Gasteiger partial charge in [0.2, 0.25) is 15.9 Å². The Balaban J connectivity index is 1.85. The number of amides is 1. The second-order valence-electron chi connectivity index (χ2n) is 6.91. The number of ether oxygens (including phenoxy) is 2. The van der Waals surface area contributed by atoms with Crippen molar-refractivity contribution >= 4 is 15.9 Å². The van der Waals surface area contributed by atoms with Gasteiger partial charge < -0.3 is 14.8 Å². The Hall–Kier alpha value is -3.43. The van der Waals surface area contributed by atoms with Gasteiger partial charge in [-0.25, -0.2) is 8.42 Å². The maximum Gasteiger partial charge on any atom is 0.243 e. The lowest BCUT2D eigenvalue weighted by atomic mass is 10.2. The summed E-state index contributed by atoms with van der Waals surface area (Å²) in [5.41, 5.74) is 1.63. The molecule has 8 nitrogen and oxygen atoms in total. The normalized spacial score (nSPS) is 11.2. The summed E-state index contributed by atoms with van der Waals surface area (Å²) in [4.78, 5) is 16.6. The molecule has 0 aliphatic rings. The Kier molecular flexibility index (Phi) is 7.80. The van der Waals surface area contributed by atoms with Crippen LogP contribution in [0.4, 0.5) is 0 Å². The Morgan fingerprint density at radius 1 is 0.938 bits per heavy atom. The van der Waals surface area contributed by atoms with Crippen LogP contribution >= 0.6 is 0 Å². The zero-order chi connectivity index (χ0) is 23.0. The molecule has 0 aliphatic heterocycles. The zero-order valence-electron chi connectivity index (χ0n) is 17.9. The number of hydrogen-bond acceptors (Lipinski definition) is 6. The Morgan fingerprint density at radius 2 is 1.62 bits per heavy atom. The van der Waals surface area contributed by atoms with Gasteiger partial charge in [-0.05, 0) is 35.4 Å². The molecule has 1 heterocycles. The number of pyridine rings is 1. The summed E-state index contributed by atoms with van der Waals surface area (Å²) in [6, 6.07) is 17.0. The minimum absolute atomic E-state index is 0.00742. The van der Waals surface area contributed by atoms with Gasteiger partial charge in [0, 0.05) is 31.5 Å². The van der Waals surface area contributed by atoms with Crippen LogP contribution in [0.15, 0.2) is 78.0 Å². The molecule has 0 unspecified atom stereocenters. The van der Waals surface area contributed by atoms with Crippen molar-refractivity contribution in [3.63, 3.8) is 0 Å². The van der Waals surface area contributed by atoms with Crippen LogP contribution < -0.4 is 14.8 Å². The second kappa shape index (κ2) is 10.7. The van der Waals surface area contributed by atoms with Crippen LogP contribution in [0, 0.1) is 0 Å². The van der Waals surface area contributed by atoms with Gasteiger partial charge in [0.1, 0.15) is 0 Å². The van der Waals surface area contributed by atoms with Gasteiger partial charge in [-0.2, -0.15) is 4.31 Å². The first-order valence-corrected chi connectivity index (χ1v) is 11.3. The van der Waals surface area contributed by atoms with Crippen molar-refractivity contribution < 1.29 is 22.7 Å². The molecular formula is C23H25N3O5S. The van der Waals surface area contributed by atoms with E-state index in [0.29, 0.717) is 5.75 Å². The summed E-state index contributed by atoms with van der Waals surface area (Å²) in [5.74, 6) is 0.285. The molecule has 1 amide bonds. The van der Waals surface area contributed by atoms with Crippen LogP contribution in [0.3, 0.4) is 0 Å². The molecule has 32 heavy (non-hydrogen) atoms. The largest absolute Gasteiger partial charge is 0.493 e. The first-order chi connectivity index (χ1) is 15.4. The van der Waals surface area contributed by atoms with E-state index in [-0.39, 0.29) is 30.3 Å². The minimum Gasteiger partial charge on any atom is -0.493 e. The first kappa shape index (κ1) is 23.2. The van der Waals surface area contributed by atoms with Crippen LogP contribution in [0.1, 0.15) is 11.1 Å². The third-order valence-electron chi connectivity index (χ3n) is 4.75. The lowest BCUT2D eigenvalue weighted by molar-refractivity contribution is -0.121. The highest BCUT2D eigenvalue weighted by Gasteiger charge is 2.28. The number of carbonyl (C=O) groups excluding carboxylic acids is 1. The summed E-state index contributed by atoms with van der Waals surface area (Å²) in [7, 11) is -1.10. The van der Waals surface area contributed by atoms with E-state index in [4.69, 9.17) is 9.47 Å². The molecule has 1 aromatic heterocycles. The molecule has 0 bridgehead atoms. The summed E-state index contributed by atoms with van der Waals surface area (Å²) in [6.07, 6.45) is 3.26. The lowest BCUT2D eigenvalue weighted by Gasteiger charge is -2.22. The summed E-state index contributed by atoms with van der Waals surface area (Å²) in [6.45, 7) is -0.0201. The van der Waals surface area contributed by atoms with E-state index in [9.17, 15) is 13.2 Å². The molecule has 3 aromatic rings. The lowest BCUT2D eigenvalue weighted by Crippen LogP contribution is -2.40. The standard InChI is InChI=1S/C23H25N3O5S/c1-30-21-9-8-20(14-22(21)31-2)32(28,29)26(16-19-6-4-3-5-7-19)17-23(27)25-15-18-10-12-24-13-11-18/h3-14H,15-17H2,1-2H3,(H,25,27). The second-order valence-corrected chi connectivity index (χ2v) is 8.85. The van der Waals surface area contributed by atoms with Gasteiger partial charge in [0.25, 0.3) is 0 Å². The molecule has 9 heteroatoms. The molecule has 0 saturated heterocycles. The summed E-state index contributed by atoms with van der Waals surface area (Å²) in [5, 5.41) is 2.76. The molecule has 1 N–H and O–H groups in total. The molecule has 0 aliphatic carbocycles. The SMILES string of the molecule is COc1ccc(S(=O)(=O)N(CC(=O)NCc2ccncc2)Cc2ccccc2)cc1OC. The van der Waals surface area contributed by atoms with Gasteiger partial charge in [-0.15, -0.1) is 0 Å². The predicted octanol–water partition coefficient (Wildman–Crippen LogP) is 2.61. The summed E-state index contributed by atoms with van der Waals surface area (Å²) >= 11 is 0. The van der Waals surface area contributed by atoms with E-state index in [1.807, 2.05) is 30.3 Å². The van der Waals surface area contributed by atoms with Crippen LogP contribution in [0.5, 0.6) is 11.5 Å². The smallest absolute Gasteiger partial charge is 0.243 e. The van der Waals surface area contributed by atoms with E-state index >= 15 is 0 Å². The van der Waals surface area contributed by atoms with Gasteiger partial charge in [-0.3, -0.25) is 9.78 Å². The molecule has 3 rings (SSSR count). The Bertz CT molecular complexity index is 1140. The maximum atomic E-state index is 13.5. The van der Waals surface area contributed by atoms with E-state index in [1.54, 1.807) is 24.5 Å². The highest BCUT2D eigenvalue weighted by molar-refractivity contribution is 7.89. The van der Waals surface area contributed by atoms with Crippen molar-refractivity contribution in [1.82, 2.24) is 14.6 Å². The Morgan fingerprint density at radius 3 is 2.28 bits per heavy atom. The fourth-order valence-corrected chi connectivity index (χ4v) is 4.46. The van der Waals surface area contributed by atoms with Crippen LogP contribution in [-0.4, -0.2) is 44.4 Å². The van der Waals surface area contributed by atoms with E-state index in [0.717, 1.165) is 15.4 Å². The monoisotopic (exact) mass is 455 g/mol. The number of benzene rings is 2. The van der Waals surface area contributed by atoms with E-state index in [1.165, 1.54) is 32.4 Å². The molecule has 168 valence electrons. The third kappa shape index (κ3) is 5.83. The molecule has 0 saturated carbocycles. The highest BCUT2D eigenvalue weighted by Crippen LogP contribution is 2.31. The van der Waals surface area contributed by atoms with Crippen molar-refractivity contribution in [2.75, 3.05) is 20.8 Å². The molecule has 0 atom stereocenters. The average molecular weight is 456 g/mol. The number of rotatable bonds is 10. The fraction of sp³-hybridized carbons (Fsp3) is 0.217. The highest BCUT2D eigenvalue weighted by atomic mass is 32.2. The van der Waals surface area contributed by atoms with Gasteiger partial charge in [0.15, 0.2) is 11.5 Å². The quantitative estimate of drug-likeness (QED) is 0.505. The molecule has 0 spiro atoms. The topological polar surface area (TPSA) is 97.8 Å². The number of sulfonamides is 1. The predicted molar refractivity (Wildman–Crippen MR) is 120 cm³/mol. The number of nitrogens with zero attached hydrogens (tertiary/aromatic N) is 2. The van der Waals surface area contributed by atoms with Crippen LogP contribution in [0.25, 0.3) is 0 Å². The zero-order valence-corrected chi connectivity index (χ0v) is 18.7. The van der Waals surface area contributed by atoms with Crippen molar-refractivity contribution in [1.29, 1.82) is 0 Å². The van der Waals surface area contributed by atoms with Gasteiger partial charge in [-0.1, -0.05) is 30.3 Å². The summed E-state index contributed by atoms with van der Waals surface area (Å²) < 4.78 is 38.5. The number of carbonyl (C=O) groups is 1.